The Kier molecular flexibility index (Phi) is 20.0. The highest BCUT2D eigenvalue weighted by Crippen LogP contribution is 2.38. The first-order chi connectivity index (χ1) is 33.6. The first-order valence-corrected chi connectivity index (χ1v) is 25.2. The lowest BCUT2D eigenvalue weighted by atomic mass is 9.79. The Balaban J connectivity index is 1.32. The van der Waals surface area contributed by atoms with Gasteiger partial charge in [-0.1, -0.05) is 50.6 Å². The van der Waals surface area contributed by atoms with Gasteiger partial charge in [0.05, 0.1) is 66.2 Å². The van der Waals surface area contributed by atoms with Crippen molar-refractivity contribution >= 4 is 22.8 Å². The third-order valence-electron chi connectivity index (χ3n) is 14.9. The molecular weight excluding hydrogens is 923 g/mol. The molecule has 1 aromatic heterocycles. The summed E-state index contributed by atoms with van der Waals surface area (Å²) in [5, 5.41) is 56.8. The maximum absolute atomic E-state index is 14.2. The first kappa shape index (κ1) is 57.0. The molecule has 3 saturated heterocycles. The van der Waals surface area contributed by atoms with Crippen LogP contribution >= 0.6 is 0 Å². The number of fused-ring (bicyclic) bond motifs is 1. The molecule has 19 nitrogen and oxygen atoms in total. The summed E-state index contributed by atoms with van der Waals surface area (Å²) in [5.41, 5.74) is 0.786. The summed E-state index contributed by atoms with van der Waals surface area (Å²) in [5.74, 6) is -2.67. The minimum atomic E-state index is -1.49. The number of cyclic esters (lactones) is 1. The summed E-state index contributed by atoms with van der Waals surface area (Å²) in [6.07, 6.45) is -8.37. The molecule has 5 heterocycles. The average Bonchev–Trinajstić information content (AvgIpc) is 3.73. The van der Waals surface area contributed by atoms with E-state index in [1.807, 2.05) is 51.1 Å². The van der Waals surface area contributed by atoms with Gasteiger partial charge < -0.3 is 78.0 Å². The summed E-state index contributed by atoms with van der Waals surface area (Å²) >= 11 is 0. The number of hydrogen-bond acceptors (Lipinski definition) is 18. The van der Waals surface area contributed by atoms with Gasteiger partial charge in [-0.25, -0.2) is 4.98 Å². The van der Waals surface area contributed by atoms with E-state index >= 15 is 0 Å². The Bertz CT molecular complexity index is 2070. The highest BCUT2D eigenvalue weighted by atomic mass is 16.7. The number of carbonyl (C=O) groups is 2. The topological polar surface area (TPSA) is 250 Å². The number of benzene rings is 1. The third kappa shape index (κ3) is 13.7. The van der Waals surface area contributed by atoms with Crippen molar-refractivity contribution < 1.29 is 77.8 Å². The summed E-state index contributed by atoms with van der Waals surface area (Å²) in [6.45, 7) is 14.0. The van der Waals surface area contributed by atoms with Gasteiger partial charge in [-0.05, 0) is 85.7 Å². The lowest BCUT2D eigenvalue weighted by molar-refractivity contribution is -0.342. The molecule has 71 heavy (non-hydrogen) atoms. The van der Waals surface area contributed by atoms with E-state index in [1.54, 1.807) is 52.8 Å². The van der Waals surface area contributed by atoms with Crippen LogP contribution < -0.4 is 0 Å². The monoisotopic (exact) mass is 1000 g/mol. The van der Waals surface area contributed by atoms with Gasteiger partial charge in [0.25, 0.3) is 0 Å². The molecule has 0 bridgehead atoms. The third-order valence-corrected chi connectivity index (χ3v) is 14.9. The fraction of sp³-hybridized carbons (Fsp3) is 0.750. The molecule has 6 rings (SSSR count). The fourth-order valence-corrected chi connectivity index (χ4v) is 10.7. The smallest absolute Gasteiger partial charge is 0.308 e. The van der Waals surface area contributed by atoms with Crippen LogP contribution in [0.4, 0.5) is 0 Å². The number of hydrogen-bond donors (Lipinski definition) is 6. The maximum Gasteiger partial charge on any atom is 0.308 e. The van der Waals surface area contributed by atoms with Crippen LogP contribution in [0.25, 0.3) is 11.0 Å². The summed E-state index contributed by atoms with van der Waals surface area (Å²) in [7, 11) is 6.53. The number of aromatic amines is 1. The minimum absolute atomic E-state index is 0.00214. The number of carbonyl (C=O) groups excluding carboxylic acids is 2. The van der Waals surface area contributed by atoms with Crippen molar-refractivity contribution in [3.8, 4) is 0 Å². The number of allylic oxidation sites excluding steroid dienone is 3. The quantitative estimate of drug-likeness (QED) is 0.157. The van der Waals surface area contributed by atoms with Gasteiger partial charge in [-0.15, -0.1) is 0 Å². The van der Waals surface area contributed by atoms with Gasteiger partial charge in [0.1, 0.15) is 48.6 Å². The van der Waals surface area contributed by atoms with E-state index in [9.17, 15) is 35.1 Å². The number of H-pyrrole nitrogens is 1. The molecule has 6 unspecified atom stereocenters. The number of ketones is 1. The molecule has 0 spiro atoms. The van der Waals surface area contributed by atoms with Gasteiger partial charge >= 0.3 is 5.97 Å². The number of para-hydroxylation sites is 2. The van der Waals surface area contributed by atoms with Gasteiger partial charge in [-0.3, -0.25) is 9.59 Å². The molecule has 3 fully saturated rings. The zero-order valence-corrected chi connectivity index (χ0v) is 43.5. The highest BCUT2D eigenvalue weighted by Gasteiger charge is 2.52. The highest BCUT2D eigenvalue weighted by molar-refractivity contribution is 5.91. The van der Waals surface area contributed by atoms with Crippen molar-refractivity contribution in [2.75, 3.05) is 34.9 Å². The van der Waals surface area contributed by atoms with Crippen LogP contribution in [0, 0.1) is 23.7 Å². The minimum Gasteiger partial charge on any atom is -0.462 e. The predicted molar refractivity (Wildman–Crippen MR) is 259 cm³/mol. The van der Waals surface area contributed by atoms with Gasteiger partial charge in [0.15, 0.2) is 24.7 Å². The molecule has 4 aliphatic heterocycles. The largest absolute Gasteiger partial charge is 0.462 e. The number of aliphatic hydroxyl groups is 5. The van der Waals surface area contributed by atoms with E-state index in [-0.39, 0.29) is 31.7 Å². The van der Waals surface area contributed by atoms with Crippen molar-refractivity contribution in [3.05, 3.63) is 53.9 Å². The second-order valence-corrected chi connectivity index (χ2v) is 20.7. The number of rotatable bonds is 13. The second kappa shape index (κ2) is 24.9. The number of nitrogens with one attached hydrogen (secondary N) is 1. The SMILES string of the molecule is CCC1OC(=O)CC(O)C(C)C(O[C@@H]2O[C@H](C)[C@@H](O[C@@H]3C[C@](C)(O)[C@H](O)[C@@H](C)O3)[C@H](N(C)C)[C@H]2O)C(Cc2nc3ccccc3[nH]2)C[C@H](C)C(=O)/C=C/C(C)=C/C1CO[C@H]1O[C@H](C)[C@@H](O)[C@@H](OC)[C@H]1OC. The van der Waals surface area contributed by atoms with Crippen LogP contribution in [0.2, 0.25) is 0 Å². The molecule has 0 aliphatic carbocycles. The average molecular weight is 1000 g/mol. The molecule has 19 heteroatoms. The number of aromatic nitrogens is 2. The van der Waals surface area contributed by atoms with E-state index in [4.69, 9.17) is 47.6 Å². The molecule has 0 amide bonds. The number of imidazole rings is 1. The Morgan fingerprint density at radius 2 is 1.55 bits per heavy atom. The van der Waals surface area contributed by atoms with Crippen LogP contribution in [-0.4, -0.2) is 191 Å². The Labute approximate surface area is 418 Å². The van der Waals surface area contributed by atoms with Gasteiger partial charge in [0, 0.05) is 44.8 Å². The molecule has 21 atom stereocenters. The summed E-state index contributed by atoms with van der Waals surface area (Å²) in [4.78, 5) is 38.3. The van der Waals surface area contributed by atoms with E-state index in [0.29, 0.717) is 17.8 Å². The van der Waals surface area contributed by atoms with E-state index < -0.39 is 140 Å². The maximum atomic E-state index is 14.2. The summed E-state index contributed by atoms with van der Waals surface area (Å²) < 4.78 is 55.7. The molecule has 0 saturated carbocycles. The van der Waals surface area contributed by atoms with Crippen LogP contribution in [0.5, 0.6) is 0 Å². The molecule has 400 valence electrons. The fourth-order valence-electron chi connectivity index (χ4n) is 10.7. The Morgan fingerprint density at radius 1 is 0.859 bits per heavy atom. The zero-order chi connectivity index (χ0) is 52.1. The van der Waals surface area contributed by atoms with Crippen LogP contribution in [0.3, 0.4) is 0 Å². The molecule has 1 aromatic carbocycles. The van der Waals surface area contributed by atoms with E-state index in [1.165, 1.54) is 27.2 Å². The van der Waals surface area contributed by atoms with Crippen LogP contribution in [-0.2, 0) is 58.6 Å². The van der Waals surface area contributed by atoms with Crippen molar-refractivity contribution in [1.82, 2.24) is 14.9 Å². The van der Waals surface area contributed by atoms with Crippen LogP contribution in [0.15, 0.2) is 48.1 Å². The standard InChI is InChI=1S/C52H81N3O16/c1-13-38-33(25-65-51-48(64-12)47(63-11)43(59)29(5)67-51)20-26(2)18-19-36(56)27(3)21-32(22-39-53-34-16-14-15-17-35(34)54-39)45(28(4)37(57)23-40(58)69-38)71-50-44(60)42(55(9)10)46(30(6)68-50)70-41-24-52(8,62)49(61)31(7)66-41/h14-20,27-33,37-38,41-51,57,59-62H,13,21-25H2,1-12H3,(H,53,54)/b19-18+,26-20+/t27-,28?,29+,30+,31+,32?,33?,37?,38?,41+,42+,43+,44+,45?,46+,47+,48+,49+,50-,51-,52-/m0/s1. The molecular formula is C52H81N3O16. The van der Waals surface area contributed by atoms with Crippen molar-refractivity contribution in [2.24, 2.45) is 23.7 Å². The van der Waals surface area contributed by atoms with Crippen molar-refractivity contribution in [1.29, 1.82) is 0 Å². The Hall–Kier alpha value is -3.25. The lowest BCUT2D eigenvalue weighted by Gasteiger charge is -2.50. The normalized spacial score (nSPS) is 42.7. The number of aliphatic hydroxyl groups excluding tert-OH is 4. The first-order valence-electron chi connectivity index (χ1n) is 25.2. The molecule has 4 aliphatic rings. The van der Waals surface area contributed by atoms with Crippen molar-refractivity contribution in [3.63, 3.8) is 0 Å². The molecule has 6 N–H and O–H groups in total. The molecule has 2 aromatic rings. The Morgan fingerprint density at radius 3 is 2.20 bits per heavy atom. The number of likely N-dealkylation sites (N-methyl/N-ethyl adjacent to an activating group) is 1. The van der Waals surface area contributed by atoms with Gasteiger partial charge in [0.2, 0.25) is 0 Å². The number of nitrogens with zero attached hydrogens (tertiary/aromatic N) is 2. The predicted octanol–water partition coefficient (Wildman–Crippen LogP) is 3.36. The van der Waals surface area contributed by atoms with Crippen LogP contribution in [0.1, 0.15) is 86.9 Å². The zero-order valence-electron chi connectivity index (χ0n) is 43.5. The van der Waals surface area contributed by atoms with E-state index in [2.05, 4.69) is 4.98 Å². The summed E-state index contributed by atoms with van der Waals surface area (Å²) in [6, 6.07) is 6.87. The lowest BCUT2D eigenvalue weighted by Crippen LogP contribution is -2.65. The van der Waals surface area contributed by atoms with Crippen molar-refractivity contribution in [2.45, 2.75) is 191 Å². The number of ether oxygens (including phenoxy) is 9. The molecule has 0 radical (unpaired) electrons. The number of esters is 1. The van der Waals surface area contributed by atoms with Gasteiger partial charge in [-0.2, -0.15) is 0 Å². The second-order valence-electron chi connectivity index (χ2n) is 20.7. The number of methoxy groups -OCH3 is 2. The van der Waals surface area contributed by atoms with E-state index in [0.717, 1.165) is 11.0 Å².